The van der Waals surface area contributed by atoms with E-state index in [9.17, 15) is 9.59 Å². The number of carbonyl (C=O) groups is 2. The minimum atomic E-state index is -0.188. The van der Waals surface area contributed by atoms with Gasteiger partial charge in [-0.25, -0.2) is 0 Å². The van der Waals surface area contributed by atoms with Crippen LogP contribution in [0.3, 0.4) is 0 Å². The summed E-state index contributed by atoms with van der Waals surface area (Å²) in [6.45, 7) is 1.50. The summed E-state index contributed by atoms with van der Waals surface area (Å²) in [5.74, 6) is 1.20. The molecule has 1 saturated heterocycles. The molecule has 0 radical (unpaired) electrons. The third-order valence-electron chi connectivity index (χ3n) is 5.04. The summed E-state index contributed by atoms with van der Waals surface area (Å²) >= 11 is 0. The fraction of sp³-hybridized carbons (Fsp3) is 0.400. The number of amides is 1. The Morgan fingerprint density at radius 1 is 1.12 bits per heavy atom. The highest BCUT2D eigenvalue weighted by molar-refractivity contribution is 5.96. The second-order valence-corrected chi connectivity index (χ2v) is 6.72. The maximum Gasteiger partial charge on any atom is 0.226 e. The highest BCUT2D eigenvalue weighted by Gasteiger charge is 2.49. The number of ketones is 1. The van der Waals surface area contributed by atoms with Crippen molar-refractivity contribution in [1.29, 1.82) is 0 Å². The zero-order valence-corrected chi connectivity index (χ0v) is 14.0. The summed E-state index contributed by atoms with van der Waals surface area (Å²) in [5, 5.41) is 0. The van der Waals surface area contributed by atoms with Crippen LogP contribution in [-0.2, 0) is 9.53 Å². The van der Waals surface area contributed by atoms with Crippen LogP contribution in [0.1, 0.15) is 34.9 Å². The molecule has 2 aliphatic rings. The average molecular weight is 339 g/mol. The normalized spacial score (nSPS) is 25.6. The molecule has 25 heavy (non-hydrogen) atoms. The Balaban J connectivity index is 1.43. The molecule has 1 aliphatic heterocycles. The fourth-order valence-corrected chi connectivity index (χ4v) is 3.57. The molecule has 1 aliphatic carbocycles. The van der Waals surface area contributed by atoms with Gasteiger partial charge in [-0.2, -0.15) is 0 Å². The molecule has 5 nitrogen and oxygen atoms in total. The number of hydrogen-bond acceptors (Lipinski definition) is 4. The third kappa shape index (κ3) is 3.37. The van der Waals surface area contributed by atoms with Crippen molar-refractivity contribution in [2.75, 3.05) is 19.8 Å². The SMILES string of the molecule is O=C(C[C@@H]1COCCN1C(=O)[C@H]1C[C@@H]1c1ccco1)c1ccccc1. The minimum Gasteiger partial charge on any atom is -0.469 e. The average Bonchev–Trinajstić information content (AvgIpc) is 3.27. The van der Waals surface area contributed by atoms with E-state index >= 15 is 0 Å². The Morgan fingerprint density at radius 3 is 2.72 bits per heavy atom. The van der Waals surface area contributed by atoms with Crippen molar-refractivity contribution in [3.63, 3.8) is 0 Å². The first-order valence-electron chi connectivity index (χ1n) is 8.74. The number of nitrogens with zero attached hydrogens (tertiary/aromatic N) is 1. The molecule has 0 unspecified atom stereocenters. The zero-order valence-electron chi connectivity index (χ0n) is 14.0. The number of ether oxygens (including phenoxy) is 1. The number of Topliss-reactive ketones (excluding diaryl/α,β-unsaturated/α-hetero) is 1. The molecule has 0 bridgehead atoms. The molecule has 5 heteroatoms. The fourth-order valence-electron chi connectivity index (χ4n) is 3.57. The van der Waals surface area contributed by atoms with Crippen LogP contribution in [0.5, 0.6) is 0 Å². The van der Waals surface area contributed by atoms with Crippen molar-refractivity contribution < 1.29 is 18.7 Å². The number of hydrogen-bond donors (Lipinski definition) is 0. The van der Waals surface area contributed by atoms with Crippen molar-refractivity contribution in [1.82, 2.24) is 4.90 Å². The van der Waals surface area contributed by atoms with Crippen LogP contribution in [0.2, 0.25) is 0 Å². The number of carbonyl (C=O) groups excluding carboxylic acids is 2. The van der Waals surface area contributed by atoms with E-state index in [4.69, 9.17) is 9.15 Å². The van der Waals surface area contributed by atoms with Crippen molar-refractivity contribution in [2.24, 2.45) is 5.92 Å². The molecule has 1 aromatic heterocycles. The van der Waals surface area contributed by atoms with Gasteiger partial charge in [-0.1, -0.05) is 30.3 Å². The van der Waals surface area contributed by atoms with Crippen molar-refractivity contribution in [2.45, 2.75) is 24.8 Å². The number of rotatable bonds is 5. The highest BCUT2D eigenvalue weighted by atomic mass is 16.5. The lowest BCUT2D eigenvalue weighted by Crippen LogP contribution is -2.50. The van der Waals surface area contributed by atoms with Gasteiger partial charge in [-0.05, 0) is 18.6 Å². The van der Waals surface area contributed by atoms with E-state index in [-0.39, 0.29) is 29.6 Å². The largest absolute Gasteiger partial charge is 0.469 e. The second-order valence-electron chi connectivity index (χ2n) is 6.72. The molecule has 1 saturated carbocycles. The monoisotopic (exact) mass is 339 g/mol. The quantitative estimate of drug-likeness (QED) is 0.786. The van der Waals surface area contributed by atoms with Gasteiger partial charge in [0.1, 0.15) is 5.76 Å². The molecule has 2 heterocycles. The molecule has 0 spiro atoms. The van der Waals surface area contributed by atoms with Crippen molar-refractivity contribution in [3.05, 3.63) is 60.1 Å². The van der Waals surface area contributed by atoms with Crippen molar-refractivity contribution >= 4 is 11.7 Å². The first-order chi connectivity index (χ1) is 12.2. The van der Waals surface area contributed by atoms with Gasteiger partial charge in [0, 0.05) is 30.4 Å². The summed E-state index contributed by atoms with van der Waals surface area (Å²) in [5.41, 5.74) is 0.681. The Hall–Kier alpha value is -2.40. The Labute approximate surface area is 146 Å². The van der Waals surface area contributed by atoms with Gasteiger partial charge in [-0.3, -0.25) is 9.59 Å². The Morgan fingerprint density at radius 2 is 1.96 bits per heavy atom. The molecule has 3 atom stereocenters. The maximum absolute atomic E-state index is 12.9. The lowest BCUT2D eigenvalue weighted by Gasteiger charge is -2.35. The smallest absolute Gasteiger partial charge is 0.226 e. The van der Waals surface area contributed by atoms with E-state index in [2.05, 4.69) is 0 Å². The van der Waals surface area contributed by atoms with Crippen LogP contribution in [0.15, 0.2) is 53.1 Å². The first-order valence-corrected chi connectivity index (χ1v) is 8.74. The molecule has 2 fully saturated rings. The third-order valence-corrected chi connectivity index (χ3v) is 5.04. The summed E-state index contributed by atoms with van der Waals surface area (Å²) in [7, 11) is 0. The van der Waals surface area contributed by atoms with Crippen LogP contribution < -0.4 is 0 Å². The topological polar surface area (TPSA) is 59.8 Å². The Kier molecular flexibility index (Phi) is 4.40. The molecule has 1 amide bonds. The highest BCUT2D eigenvalue weighted by Crippen LogP contribution is 2.49. The van der Waals surface area contributed by atoms with Gasteiger partial charge in [0.2, 0.25) is 5.91 Å². The molecule has 2 aromatic rings. The van der Waals surface area contributed by atoms with E-state index in [1.807, 2.05) is 47.4 Å². The maximum atomic E-state index is 12.9. The summed E-state index contributed by atoms with van der Waals surface area (Å²) < 4.78 is 11.0. The first kappa shape index (κ1) is 16.1. The van der Waals surface area contributed by atoms with Crippen LogP contribution in [0.4, 0.5) is 0 Å². The molecular weight excluding hydrogens is 318 g/mol. The lowest BCUT2D eigenvalue weighted by molar-refractivity contribution is -0.141. The molecule has 4 rings (SSSR count). The molecule has 1 aromatic carbocycles. The number of morpholine rings is 1. The van der Waals surface area contributed by atoms with Crippen LogP contribution in [0.25, 0.3) is 0 Å². The van der Waals surface area contributed by atoms with E-state index < -0.39 is 0 Å². The van der Waals surface area contributed by atoms with Gasteiger partial charge >= 0.3 is 0 Å². The van der Waals surface area contributed by atoms with Gasteiger partial charge in [0.25, 0.3) is 0 Å². The number of benzene rings is 1. The van der Waals surface area contributed by atoms with Crippen LogP contribution in [0, 0.1) is 5.92 Å². The van der Waals surface area contributed by atoms with Gasteiger partial charge in [0.05, 0.1) is 25.5 Å². The van der Waals surface area contributed by atoms with E-state index in [0.29, 0.717) is 31.7 Å². The summed E-state index contributed by atoms with van der Waals surface area (Å²) in [6.07, 6.45) is 2.77. The van der Waals surface area contributed by atoms with Crippen LogP contribution in [-0.4, -0.2) is 42.4 Å². The predicted molar refractivity (Wildman–Crippen MR) is 91.3 cm³/mol. The van der Waals surface area contributed by atoms with Gasteiger partial charge in [0.15, 0.2) is 5.78 Å². The predicted octanol–water partition coefficient (Wildman–Crippen LogP) is 2.88. The van der Waals surface area contributed by atoms with E-state index in [1.165, 1.54) is 0 Å². The van der Waals surface area contributed by atoms with Gasteiger partial charge in [-0.15, -0.1) is 0 Å². The van der Waals surface area contributed by atoms with Crippen LogP contribution >= 0.6 is 0 Å². The van der Waals surface area contributed by atoms with E-state index in [1.54, 1.807) is 6.26 Å². The van der Waals surface area contributed by atoms with Crippen molar-refractivity contribution in [3.8, 4) is 0 Å². The standard InChI is InChI=1S/C20H21NO4/c22-18(14-5-2-1-3-6-14)11-15-13-24-10-8-21(15)20(23)17-12-16(17)19-7-4-9-25-19/h1-7,9,15-17H,8,10-13H2/t15-,16+,17+/m1/s1. The number of furan rings is 1. The molecule has 130 valence electrons. The van der Waals surface area contributed by atoms with Gasteiger partial charge < -0.3 is 14.1 Å². The molecular formula is C20H21NO4. The Bertz CT molecular complexity index is 740. The zero-order chi connectivity index (χ0) is 17.2. The second kappa shape index (κ2) is 6.84. The molecule has 0 N–H and O–H groups in total. The lowest BCUT2D eigenvalue weighted by atomic mass is 10.0. The minimum absolute atomic E-state index is 0.0291. The summed E-state index contributed by atoms with van der Waals surface area (Å²) in [4.78, 5) is 27.3. The summed E-state index contributed by atoms with van der Waals surface area (Å²) in [6, 6.07) is 12.8. The van der Waals surface area contributed by atoms with E-state index in [0.717, 1.165) is 12.2 Å².